The summed E-state index contributed by atoms with van der Waals surface area (Å²) in [5, 5.41) is 0. The third-order valence-electron chi connectivity index (χ3n) is 4.71. The van der Waals surface area contributed by atoms with E-state index in [4.69, 9.17) is 9.47 Å². The van der Waals surface area contributed by atoms with Gasteiger partial charge in [0.15, 0.2) is 0 Å². The van der Waals surface area contributed by atoms with Crippen LogP contribution >= 0.6 is 0 Å². The van der Waals surface area contributed by atoms with E-state index in [2.05, 4.69) is 13.8 Å². The Hall–Kier alpha value is -0.814. The summed E-state index contributed by atoms with van der Waals surface area (Å²) in [6.07, 6.45) is 15.5. The maximum atomic E-state index is 12.5. The van der Waals surface area contributed by atoms with Gasteiger partial charge in [0.05, 0.1) is 28.5 Å². The number of unbranched alkanes of at least 4 members (excludes halogenated alkanes) is 8. The van der Waals surface area contributed by atoms with Crippen molar-refractivity contribution in [3.63, 3.8) is 0 Å². The van der Waals surface area contributed by atoms with Crippen LogP contribution in [0.3, 0.4) is 0 Å². The van der Waals surface area contributed by atoms with Crippen molar-refractivity contribution in [3.8, 4) is 0 Å². The van der Waals surface area contributed by atoms with Crippen LogP contribution in [0, 0.1) is 0 Å². The second-order valence-corrected chi connectivity index (χ2v) is 8.73. The van der Waals surface area contributed by atoms with E-state index in [1.165, 1.54) is 18.4 Å². The van der Waals surface area contributed by atoms with Gasteiger partial charge >= 0.3 is 63.3 Å². The molecule has 1 aromatic rings. The van der Waals surface area contributed by atoms with Crippen LogP contribution in [0.2, 0.25) is 0 Å². The molecule has 0 spiro atoms. The minimum Gasteiger partial charge on any atom is -0.744 e. The van der Waals surface area contributed by atoms with E-state index in [0.29, 0.717) is 6.42 Å². The molecule has 0 saturated carbocycles. The molecule has 0 unspecified atom stereocenters. The molecular weight excluding hydrogens is 471 g/mol. The molecular formula is C24H33KO7S. The van der Waals surface area contributed by atoms with Crippen LogP contribution in [-0.4, -0.2) is 24.9 Å². The van der Waals surface area contributed by atoms with Gasteiger partial charge in [-0.25, -0.2) is 18.0 Å². The maximum absolute atomic E-state index is 12.5. The molecule has 0 bridgehead atoms. The van der Waals surface area contributed by atoms with Gasteiger partial charge in [-0.1, -0.05) is 58.4 Å². The number of hydrogen-bond donors (Lipinski definition) is 0. The number of carbonyl (C=O) groups excluding carboxylic acids is 2. The van der Waals surface area contributed by atoms with Gasteiger partial charge in [0.25, 0.3) is 0 Å². The van der Waals surface area contributed by atoms with Crippen LogP contribution in [0.4, 0.5) is 0 Å². The summed E-state index contributed by atoms with van der Waals surface area (Å²) in [5.74, 6) is -2.06. The van der Waals surface area contributed by atoms with Gasteiger partial charge in [-0.3, -0.25) is 0 Å². The maximum Gasteiger partial charge on any atom is 1.00 e. The van der Waals surface area contributed by atoms with Gasteiger partial charge in [-0.2, -0.15) is 0 Å². The van der Waals surface area contributed by atoms with Gasteiger partial charge in [0.1, 0.15) is 10.1 Å². The van der Waals surface area contributed by atoms with Crippen molar-refractivity contribution >= 4 is 22.1 Å². The second kappa shape index (κ2) is 18.5. The zero-order valence-corrected chi connectivity index (χ0v) is 23.8. The largest absolute Gasteiger partial charge is 1.00 e. The molecule has 0 aromatic heterocycles. The summed E-state index contributed by atoms with van der Waals surface area (Å²) in [6.45, 7) is 4.21. The van der Waals surface area contributed by atoms with E-state index in [9.17, 15) is 22.6 Å². The van der Waals surface area contributed by atoms with Crippen molar-refractivity contribution in [1.82, 2.24) is 0 Å². The number of rotatable bonds is 15. The van der Waals surface area contributed by atoms with Crippen LogP contribution in [0.5, 0.6) is 0 Å². The first-order chi connectivity index (χ1) is 15.3. The Morgan fingerprint density at radius 1 is 0.848 bits per heavy atom. The van der Waals surface area contributed by atoms with E-state index < -0.39 is 32.5 Å². The number of ether oxygens (including phenoxy) is 2. The van der Waals surface area contributed by atoms with Crippen LogP contribution < -0.4 is 51.4 Å². The van der Waals surface area contributed by atoms with Crippen molar-refractivity contribution in [2.45, 2.75) is 83.0 Å². The van der Waals surface area contributed by atoms with Gasteiger partial charge in [0.2, 0.25) is 0 Å². The molecule has 1 rings (SSSR count). The number of hydrogen-bond acceptors (Lipinski definition) is 7. The fourth-order valence-corrected chi connectivity index (χ4v) is 3.66. The third kappa shape index (κ3) is 13.0. The summed E-state index contributed by atoms with van der Waals surface area (Å²) >= 11 is 0. The molecule has 0 radical (unpaired) electrons. The number of allylic oxidation sites excluding steroid dienone is 2. The summed E-state index contributed by atoms with van der Waals surface area (Å²) in [6, 6.07) is 3.39. The smallest absolute Gasteiger partial charge is 0.744 e. The molecule has 0 fully saturated rings. The Kier molecular flexibility index (Phi) is 18.0. The van der Waals surface area contributed by atoms with Crippen LogP contribution in [0.1, 0.15) is 98.8 Å². The Morgan fingerprint density at radius 3 is 1.85 bits per heavy atom. The molecule has 0 aliphatic heterocycles. The van der Waals surface area contributed by atoms with Crippen molar-refractivity contribution in [2.75, 3.05) is 0 Å². The molecule has 0 atom stereocenters. The molecule has 178 valence electrons. The van der Waals surface area contributed by atoms with E-state index in [1.54, 1.807) is 12.2 Å². The summed E-state index contributed by atoms with van der Waals surface area (Å²) in [5.41, 5.74) is -0.974. The zero-order chi connectivity index (χ0) is 23.8. The SMILES string of the molecule is CCCCCC/C=C/OC(=O)c1cccc(S(=O)(=O)[O-])c1C(=O)O/C=C/CCCCCC.[K+]. The van der Waals surface area contributed by atoms with Crippen molar-refractivity contribution in [3.05, 3.63) is 54.0 Å². The molecule has 0 saturated heterocycles. The molecule has 7 nitrogen and oxygen atoms in total. The molecule has 0 amide bonds. The third-order valence-corrected chi connectivity index (χ3v) is 5.59. The minimum absolute atomic E-state index is 0. The predicted octanol–water partition coefficient (Wildman–Crippen LogP) is 2.88. The van der Waals surface area contributed by atoms with E-state index in [-0.39, 0.29) is 56.9 Å². The average Bonchev–Trinajstić information content (AvgIpc) is 2.76. The first kappa shape index (κ1) is 32.2. The van der Waals surface area contributed by atoms with Gasteiger partial charge < -0.3 is 14.0 Å². The first-order valence-corrected chi connectivity index (χ1v) is 12.5. The Balaban J connectivity index is 0.0000102. The number of benzene rings is 1. The minimum atomic E-state index is -5.02. The van der Waals surface area contributed by atoms with Crippen LogP contribution in [0.25, 0.3) is 0 Å². The van der Waals surface area contributed by atoms with Crippen molar-refractivity contribution in [1.29, 1.82) is 0 Å². The quantitative estimate of drug-likeness (QED) is 0.119. The molecule has 0 aliphatic rings. The van der Waals surface area contributed by atoms with Gasteiger partial charge in [-0.15, -0.1) is 0 Å². The molecule has 33 heavy (non-hydrogen) atoms. The fourth-order valence-electron chi connectivity index (χ4n) is 2.98. The zero-order valence-electron chi connectivity index (χ0n) is 19.9. The summed E-state index contributed by atoms with van der Waals surface area (Å²) in [4.78, 5) is 24.2. The van der Waals surface area contributed by atoms with E-state index in [1.807, 2.05) is 0 Å². The summed E-state index contributed by atoms with van der Waals surface area (Å²) < 4.78 is 45.0. The second-order valence-electron chi connectivity index (χ2n) is 7.39. The van der Waals surface area contributed by atoms with Gasteiger partial charge in [-0.05, 0) is 50.0 Å². The van der Waals surface area contributed by atoms with Crippen molar-refractivity contribution in [2.24, 2.45) is 0 Å². The molecule has 0 N–H and O–H groups in total. The predicted molar refractivity (Wildman–Crippen MR) is 121 cm³/mol. The first-order valence-electron chi connectivity index (χ1n) is 11.1. The van der Waals surface area contributed by atoms with E-state index in [0.717, 1.165) is 70.1 Å². The van der Waals surface area contributed by atoms with E-state index >= 15 is 0 Å². The summed E-state index contributed by atoms with van der Waals surface area (Å²) in [7, 11) is -5.02. The molecule has 1 aromatic carbocycles. The Morgan fingerprint density at radius 2 is 1.36 bits per heavy atom. The standard InChI is InChI=1S/C24H34O7S.K/c1-3-5-7-9-11-13-18-30-23(25)20-16-15-17-21(32(27,28)29)22(20)24(26)31-19-14-12-10-8-6-4-2;/h13-19H,3-12H2,1-2H3,(H,27,28,29);/q;+1/p-1/b18-13+,19-14+;. The Labute approximate surface area is 240 Å². The molecule has 9 heteroatoms. The van der Waals surface area contributed by atoms with Crippen LogP contribution in [0.15, 0.2) is 47.8 Å². The Bertz CT molecular complexity index is 892. The number of carbonyl (C=O) groups is 2. The fraction of sp³-hybridized carbons (Fsp3) is 0.500. The monoisotopic (exact) mass is 504 g/mol. The normalized spacial score (nSPS) is 11.5. The van der Waals surface area contributed by atoms with Crippen molar-refractivity contribution < 1.29 is 83.4 Å². The number of esters is 2. The van der Waals surface area contributed by atoms with Gasteiger partial charge in [0, 0.05) is 0 Å². The van der Waals surface area contributed by atoms with Crippen LogP contribution in [-0.2, 0) is 19.6 Å². The average molecular weight is 505 g/mol. The topological polar surface area (TPSA) is 110 Å². The molecule has 0 aliphatic carbocycles. The molecule has 0 heterocycles.